The highest BCUT2D eigenvalue weighted by Gasteiger charge is 2.20. The number of amides is 2. The maximum atomic E-state index is 11.9. The number of ether oxygens (including phenoxy) is 1. The van der Waals surface area contributed by atoms with E-state index in [4.69, 9.17) is 4.74 Å². The topological polar surface area (TPSA) is 84.5 Å². The standard InChI is InChI=1S/C17H16N2O4S/c20-15(18-19-16(21)11-5-2-1-3-6-11)10-23-17(22)14-9-12-7-4-8-13(12)24-14/h1-3,5-6,9H,4,7-8,10H2,(H,18,20)(H,19,21). The zero-order valence-corrected chi connectivity index (χ0v) is 13.7. The fourth-order valence-corrected chi connectivity index (χ4v) is 3.60. The van der Waals surface area contributed by atoms with Crippen molar-refractivity contribution in [2.45, 2.75) is 19.3 Å². The number of hydrazine groups is 1. The summed E-state index contributed by atoms with van der Waals surface area (Å²) in [5, 5.41) is 0. The minimum Gasteiger partial charge on any atom is -0.451 e. The van der Waals surface area contributed by atoms with E-state index in [0.717, 1.165) is 19.3 Å². The van der Waals surface area contributed by atoms with Crippen LogP contribution >= 0.6 is 11.3 Å². The van der Waals surface area contributed by atoms with Crippen molar-refractivity contribution in [2.75, 3.05) is 6.61 Å². The van der Waals surface area contributed by atoms with E-state index < -0.39 is 24.4 Å². The molecule has 24 heavy (non-hydrogen) atoms. The molecule has 2 N–H and O–H groups in total. The van der Waals surface area contributed by atoms with Crippen molar-refractivity contribution in [3.8, 4) is 0 Å². The summed E-state index contributed by atoms with van der Waals surface area (Å²) in [5.74, 6) is -1.55. The first-order chi connectivity index (χ1) is 11.6. The number of nitrogens with one attached hydrogen (secondary N) is 2. The Kier molecular flexibility index (Phi) is 4.90. The SMILES string of the molecule is O=C(COC(=O)c1cc2c(s1)CCC2)NNC(=O)c1ccccc1. The summed E-state index contributed by atoms with van der Waals surface area (Å²) in [6.45, 7) is -0.448. The summed E-state index contributed by atoms with van der Waals surface area (Å²) in [7, 11) is 0. The van der Waals surface area contributed by atoms with E-state index in [1.54, 1.807) is 30.3 Å². The molecule has 0 unspecified atom stereocenters. The third-order valence-corrected chi connectivity index (χ3v) is 4.85. The largest absolute Gasteiger partial charge is 0.451 e. The summed E-state index contributed by atoms with van der Waals surface area (Å²) < 4.78 is 4.97. The van der Waals surface area contributed by atoms with Crippen LogP contribution in [0.4, 0.5) is 0 Å². The molecule has 0 spiro atoms. The quantitative estimate of drug-likeness (QED) is 0.655. The Balaban J connectivity index is 1.43. The summed E-state index contributed by atoms with van der Waals surface area (Å²) in [6, 6.07) is 10.3. The Morgan fingerprint density at radius 2 is 1.88 bits per heavy atom. The highest BCUT2D eigenvalue weighted by Crippen LogP contribution is 2.30. The van der Waals surface area contributed by atoms with Gasteiger partial charge in [0.25, 0.3) is 11.8 Å². The summed E-state index contributed by atoms with van der Waals surface area (Å²) >= 11 is 1.42. The van der Waals surface area contributed by atoms with Crippen molar-refractivity contribution in [1.29, 1.82) is 0 Å². The number of hydrogen-bond donors (Lipinski definition) is 2. The van der Waals surface area contributed by atoms with Crippen molar-refractivity contribution in [2.24, 2.45) is 0 Å². The summed E-state index contributed by atoms with van der Waals surface area (Å²) in [5.41, 5.74) is 6.10. The third-order valence-electron chi connectivity index (χ3n) is 3.63. The summed E-state index contributed by atoms with van der Waals surface area (Å²) in [4.78, 5) is 37.1. The molecule has 2 amide bonds. The van der Waals surface area contributed by atoms with Gasteiger partial charge >= 0.3 is 5.97 Å². The van der Waals surface area contributed by atoms with Gasteiger partial charge in [0.05, 0.1) is 0 Å². The smallest absolute Gasteiger partial charge is 0.348 e. The highest BCUT2D eigenvalue weighted by molar-refractivity contribution is 7.14. The van der Waals surface area contributed by atoms with Gasteiger partial charge in [-0.15, -0.1) is 11.3 Å². The van der Waals surface area contributed by atoms with Gasteiger partial charge in [0.2, 0.25) is 0 Å². The minimum atomic E-state index is -0.600. The van der Waals surface area contributed by atoms with Gasteiger partial charge in [-0.2, -0.15) is 0 Å². The van der Waals surface area contributed by atoms with E-state index in [1.165, 1.54) is 21.8 Å². The van der Waals surface area contributed by atoms with Gasteiger partial charge in [-0.25, -0.2) is 4.79 Å². The zero-order valence-electron chi connectivity index (χ0n) is 12.8. The number of benzene rings is 1. The van der Waals surface area contributed by atoms with E-state index in [1.807, 2.05) is 6.07 Å². The Hall–Kier alpha value is -2.67. The summed E-state index contributed by atoms with van der Waals surface area (Å²) in [6.07, 6.45) is 3.12. The van der Waals surface area contributed by atoms with Crippen LogP contribution < -0.4 is 10.9 Å². The average Bonchev–Trinajstić information content (AvgIpc) is 3.20. The van der Waals surface area contributed by atoms with Gasteiger partial charge in [0.1, 0.15) is 4.88 Å². The normalized spacial score (nSPS) is 12.3. The average molecular weight is 344 g/mol. The first-order valence-electron chi connectivity index (χ1n) is 7.56. The number of fused-ring (bicyclic) bond motifs is 1. The lowest BCUT2D eigenvalue weighted by Gasteiger charge is -2.07. The van der Waals surface area contributed by atoms with Crippen molar-refractivity contribution in [1.82, 2.24) is 10.9 Å². The maximum Gasteiger partial charge on any atom is 0.348 e. The van der Waals surface area contributed by atoms with Crippen LogP contribution in [-0.2, 0) is 22.4 Å². The number of rotatable bonds is 4. The molecular formula is C17H16N2O4S. The second-order valence-corrected chi connectivity index (χ2v) is 6.49. The molecule has 1 aromatic heterocycles. The maximum absolute atomic E-state index is 11.9. The second kappa shape index (κ2) is 7.27. The van der Waals surface area contributed by atoms with Gasteiger partial charge in [0, 0.05) is 10.4 Å². The fourth-order valence-electron chi connectivity index (χ4n) is 2.46. The van der Waals surface area contributed by atoms with E-state index in [2.05, 4.69) is 10.9 Å². The molecular weight excluding hydrogens is 328 g/mol. The molecule has 0 fully saturated rings. The molecule has 0 atom stereocenters. The molecule has 0 saturated carbocycles. The van der Waals surface area contributed by atoms with E-state index in [0.29, 0.717) is 10.4 Å². The first-order valence-corrected chi connectivity index (χ1v) is 8.38. The molecule has 0 bridgehead atoms. The molecule has 1 aliphatic carbocycles. The van der Waals surface area contributed by atoms with Crippen molar-refractivity contribution < 1.29 is 19.1 Å². The van der Waals surface area contributed by atoms with Gasteiger partial charge in [-0.1, -0.05) is 18.2 Å². The number of hydrogen-bond acceptors (Lipinski definition) is 5. The van der Waals surface area contributed by atoms with Crippen molar-refractivity contribution >= 4 is 29.1 Å². The molecule has 0 saturated heterocycles. The van der Waals surface area contributed by atoms with Gasteiger partial charge < -0.3 is 4.74 Å². The molecule has 0 aliphatic heterocycles. The molecule has 7 heteroatoms. The molecule has 124 valence electrons. The van der Waals surface area contributed by atoms with Crippen molar-refractivity contribution in [3.05, 3.63) is 57.3 Å². The number of carbonyl (C=O) groups excluding carboxylic acids is 3. The van der Waals surface area contributed by atoms with Gasteiger partial charge in [-0.05, 0) is 43.0 Å². The highest BCUT2D eigenvalue weighted by atomic mass is 32.1. The predicted molar refractivity (Wildman–Crippen MR) is 88.7 cm³/mol. The van der Waals surface area contributed by atoms with Gasteiger partial charge in [-0.3, -0.25) is 20.4 Å². The van der Waals surface area contributed by atoms with Crippen LogP contribution in [0.3, 0.4) is 0 Å². The molecule has 1 heterocycles. The number of esters is 1. The molecule has 2 aromatic rings. The zero-order chi connectivity index (χ0) is 16.9. The fraction of sp³-hybridized carbons (Fsp3) is 0.235. The van der Waals surface area contributed by atoms with Crippen LogP contribution in [0.1, 0.15) is 36.9 Å². The van der Waals surface area contributed by atoms with Crippen LogP contribution in [0, 0.1) is 0 Å². The molecule has 0 radical (unpaired) electrons. The first kappa shape index (κ1) is 16.2. The van der Waals surface area contributed by atoms with Crippen LogP contribution in [-0.4, -0.2) is 24.4 Å². The lowest BCUT2D eigenvalue weighted by Crippen LogP contribution is -2.43. The Labute approximate surface area is 142 Å². The van der Waals surface area contributed by atoms with Crippen LogP contribution in [0.25, 0.3) is 0 Å². The minimum absolute atomic E-state index is 0.419. The van der Waals surface area contributed by atoms with Gasteiger partial charge in [0.15, 0.2) is 6.61 Å². The van der Waals surface area contributed by atoms with Crippen LogP contribution in [0.5, 0.6) is 0 Å². The van der Waals surface area contributed by atoms with E-state index >= 15 is 0 Å². The number of thiophene rings is 1. The predicted octanol–water partition coefficient (Wildman–Crippen LogP) is 1.85. The number of aryl methyl sites for hydroxylation is 2. The Morgan fingerprint density at radius 1 is 1.08 bits per heavy atom. The van der Waals surface area contributed by atoms with Crippen LogP contribution in [0.2, 0.25) is 0 Å². The van der Waals surface area contributed by atoms with E-state index in [-0.39, 0.29) is 0 Å². The van der Waals surface area contributed by atoms with E-state index in [9.17, 15) is 14.4 Å². The van der Waals surface area contributed by atoms with Crippen LogP contribution in [0.15, 0.2) is 36.4 Å². The third kappa shape index (κ3) is 3.80. The monoisotopic (exact) mass is 344 g/mol. The second-order valence-electron chi connectivity index (χ2n) is 5.36. The molecule has 1 aromatic carbocycles. The Morgan fingerprint density at radius 3 is 2.62 bits per heavy atom. The molecule has 3 rings (SSSR count). The Bertz CT molecular complexity index is 749. The number of carbonyl (C=O) groups is 3. The molecule has 1 aliphatic rings. The lowest BCUT2D eigenvalue weighted by molar-refractivity contribution is -0.125. The lowest BCUT2D eigenvalue weighted by atomic mass is 10.2. The van der Waals surface area contributed by atoms with Crippen molar-refractivity contribution in [3.63, 3.8) is 0 Å². The molecule has 6 nitrogen and oxygen atoms in total.